The smallest absolute Gasteiger partial charge is 0.412 e. The number of ether oxygens (including phenoxy) is 4. The third-order valence-corrected chi connectivity index (χ3v) is 8.68. The molecule has 4 aliphatic heterocycles. The van der Waals surface area contributed by atoms with Crippen LogP contribution in [0.5, 0.6) is 0 Å². The van der Waals surface area contributed by atoms with Crippen LogP contribution < -0.4 is 22.0 Å². The van der Waals surface area contributed by atoms with Gasteiger partial charge >= 0.3 is 23.5 Å². The Morgan fingerprint density at radius 1 is 0.782 bits per heavy atom. The summed E-state index contributed by atoms with van der Waals surface area (Å²) in [4.78, 5) is 53.6. The number of urea groups is 1. The monoisotopic (exact) mass is 791 g/mol. The number of aliphatic hydroxyl groups is 6. The molecule has 0 aromatic carbocycles. The molecule has 6 rings (SSSR count). The predicted molar refractivity (Wildman–Crippen MR) is 176 cm³/mol. The minimum Gasteiger partial charge on any atom is -0.453 e. The van der Waals surface area contributed by atoms with Crippen LogP contribution in [0.1, 0.15) is 38.9 Å². The number of hydrogen-bond acceptors (Lipinski definition) is 16. The lowest BCUT2D eigenvalue weighted by Gasteiger charge is -2.30. The summed E-state index contributed by atoms with van der Waals surface area (Å²) in [5.41, 5.74) is -1.86. The maximum atomic E-state index is 13.8. The molecule has 12 atom stereocenters. The molecular formula is C31H40F3N7O14. The summed E-state index contributed by atoms with van der Waals surface area (Å²) in [5, 5.41) is 61.9. The van der Waals surface area contributed by atoms with Gasteiger partial charge in [-0.25, -0.2) is 32.3 Å². The molecule has 0 saturated carbocycles. The molecule has 24 heteroatoms. The zero-order chi connectivity index (χ0) is 41.2. The van der Waals surface area contributed by atoms with Crippen LogP contribution in [0.3, 0.4) is 0 Å². The van der Waals surface area contributed by atoms with Crippen molar-refractivity contribution in [3.63, 3.8) is 0 Å². The number of rotatable bonds is 4. The van der Waals surface area contributed by atoms with Crippen LogP contribution in [0.4, 0.5) is 28.6 Å². The first-order chi connectivity index (χ1) is 25.7. The molecule has 0 unspecified atom stereocenters. The minimum atomic E-state index is -1.40. The number of carbonyl (C=O) groups is 2. The van der Waals surface area contributed by atoms with Gasteiger partial charge < -0.3 is 54.9 Å². The van der Waals surface area contributed by atoms with Crippen LogP contribution in [0.2, 0.25) is 0 Å². The van der Waals surface area contributed by atoms with Crippen molar-refractivity contribution >= 4 is 17.9 Å². The highest BCUT2D eigenvalue weighted by atomic mass is 19.1. The largest absolute Gasteiger partial charge is 0.453 e. The van der Waals surface area contributed by atoms with Gasteiger partial charge in [0.25, 0.3) is 0 Å². The molecule has 3 amide bonds. The zero-order valence-corrected chi connectivity index (χ0v) is 29.7. The van der Waals surface area contributed by atoms with Crippen molar-refractivity contribution in [2.24, 2.45) is 0 Å². The normalized spacial score (nSPS) is 32.8. The van der Waals surface area contributed by atoms with Gasteiger partial charge in [-0.05, 0) is 27.7 Å². The maximum absolute atomic E-state index is 13.8. The first-order valence-corrected chi connectivity index (χ1v) is 16.3. The average molecular weight is 792 g/mol. The molecule has 304 valence electrons. The lowest BCUT2D eigenvalue weighted by atomic mass is 10.1. The number of aromatic nitrogens is 4. The molecule has 21 nitrogen and oxygen atoms in total. The van der Waals surface area contributed by atoms with E-state index in [4.69, 9.17) is 14.2 Å². The molecule has 6 heterocycles. The molecule has 0 bridgehead atoms. The third-order valence-electron chi connectivity index (χ3n) is 8.68. The van der Waals surface area contributed by atoms with Crippen molar-refractivity contribution in [1.29, 1.82) is 0 Å². The highest BCUT2D eigenvalue weighted by molar-refractivity contribution is 5.83. The summed E-state index contributed by atoms with van der Waals surface area (Å²) in [5.74, 6) is -3.03. The molecule has 0 aliphatic carbocycles. The number of carbonyl (C=O) groups excluding carboxylic acids is 2. The fraction of sp³-hybridized carbons (Fsp3) is 0.548. The van der Waals surface area contributed by atoms with Crippen LogP contribution in [-0.2, 0) is 18.9 Å². The Bertz CT molecular complexity index is 1920. The van der Waals surface area contributed by atoms with Gasteiger partial charge in [0.1, 0.15) is 36.6 Å². The topological polar surface area (TPSA) is 290 Å². The highest BCUT2D eigenvalue weighted by Gasteiger charge is 2.46. The van der Waals surface area contributed by atoms with Gasteiger partial charge in [0.15, 0.2) is 42.0 Å². The van der Waals surface area contributed by atoms with Gasteiger partial charge in [0.05, 0.1) is 43.0 Å². The van der Waals surface area contributed by atoms with Gasteiger partial charge in [-0.2, -0.15) is 9.97 Å². The van der Waals surface area contributed by atoms with Crippen molar-refractivity contribution in [2.75, 3.05) is 12.4 Å². The molecule has 8 N–H and O–H groups in total. The van der Waals surface area contributed by atoms with Crippen LogP contribution >= 0.6 is 0 Å². The first-order valence-electron chi connectivity index (χ1n) is 16.3. The van der Waals surface area contributed by atoms with Crippen LogP contribution in [-0.4, -0.2) is 135 Å². The standard InChI is InChI=1S/C11H14FN3O6.2C10H13FN2O4/c1-4-6(16)7(17)9(21-4)15-3-5(12)8(13-10(15)18)14-11(19)20-2;2*1-4-6(11)3-13(10(16)12-4)9-8(15)7(14)5(2)17-9/h3-4,6-7,9,16-17H,1-2H3,(H,13,14,18,19);3,5,7-9,14-15H,1-2H3;3,5,7-9,14-15H,1H2,2H3,(H,12,16)/t4-,6-,7-,9-;2*5-,7-,8-,9-/m111/s1. The van der Waals surface area contributed by atoms with E-state index in [9.17, 15) is 63.0 Å². The van der Waals surface area contributed by atoms with E-state index in [0.29, 0.717) is 4.57 Å². The van der Waals surface area contributed by atoms with Crippen molar-refractivity contribution in [2.45, 2.75) is 101 Å². The second-order valence-electron chi connectivity index (χ2n) is 12.5. The molecule has 55 heavy (non-hydrogen) atoms. The lowest BCUT2D eigenvalue weighted by molar-refractivity contribution is -0.0499. The third kappa shape index (κ3) is 9.20. The Kier molecular flexibility index (Phi) is 13.5. The Labute approximate surface area is 308 Å². The number of methoxy groups -OCH3 is 1. The van der Waals surface area contributed by atoms with E-state index in [1.807, 2.05) is 5.32 Å². The van der Waals surface area contributed by atoms with E-state index >= 15 is 0 Å². The van der Waals surface area contributed by atoms with E-state index in [-0.39, 0.29) is 11.4 Å². The Morgan fingerprint density at radius 2 is 1.22 bits per heavy atom. The highest BCUT2D eigenvalue weighted by Crippen LogP contribution is 2.30. The number of aryl methyl sites for hydroxylation is 1. The molecule has 0 spiro atoms. The fourth-order valence-electron chi connectivity index (χ4n) is 5.44. The van der Waals surface area contributed by atoms with Crippen LogP contribution in [0.25, 0.3) is 0 Å². The van der Waals surface area contributed by atoms with Crippen LogP contribution in [0, 0.1) is 18.6 Å². The molecular weight excluding hydrogens is 751 g/mol. The number of hydrogen-bond donors (Lipinski definition) is 8. The van der Waals surface area contributed by atoms with Crippen molar-refractivity contribution in [1.82, 2.24) is 29.3 Å². The van der Waals surface area contributed by atoms with Crippen molar-refractivity contribution in [3.8, 4) is 0 Å². The first kappa shape index (κ1) is 42.9. The molecule has 4 aliphatic rings. The van der Waals surface area contributed by atoms with Gasteiger partial charge in [-0.1, -0.05) is 6.58 Å². The zero-order valence-electron chi connectivity index (χ0n) is 29.7. The van der Waals surface area contributed by atoms with Gasteiger partial charge in [0.2, 0.25) is 0 Å². The van der Waals surface area contributed by atoms with Gasteiger partial charge in [0, 0.05) is 12.4 Å². The summed E-state index contributed by atoms with van der Waals surface area (Å²) >= 11 is 0. The van der Waals surface area contributed by atoms with Gasteiger partial charge in [-0.3, -0.25) is 19.4 Å². The van der Waals surface area contributed by atoms with Crippen molar-refractivity contribution < 1.29 is 72.3 Å². The van der Waals surface area contributed by atoms with Gasteiger partial charge in [-0.15, -0.1) is 0 Å². The summed E-state index contributed by atoms with van der Waals surface area (Å²) in [6, 6.07) is -0.665. The predicted octanol–water partition coefficient (Wildman–Crippen LogP) is -1.67. The summed E-state index contributed by atoms with van der Waals surface area (Å²) in [7, 11) is 1.07. The van der Waals surface area contributed by atoms with E-state index in [1.54, 1.807) is 13.8 Å². The van der Waals surface area contributed by atoms with E-state index in [1.165, 1.54) is 13.8 Å². The molecule has 0 radical (unpaired) electrons. The fourth-order valence-corrected chi connectivity index (χ4v) is 5.44. The number of allylic oxidation sites excluding steroid dienone is 1. The second kappa shape index (κ2) is 17.3. The minimum absolute atomic E-state index is 0.0210. The van der Waals surface area contributed by atoms with E-state index < -0.39 is 120 Å². The Morgan fingerprint density at radius 3 is 1.65 bits per heavy atom. The number of amides is 3. The number of anilines is 1. The van der Waals surface area contributed by atoms with Crippen LogP contribution in [0.15, 0.2) is 46.3 Å². The summed E-state index contributed by atoms with van der Waals surface area (Å²) < 4.78 is 61.8. The second-order valence-corrected chi connectivity index (χ2v) is 12.5. The Balaban J connectivity index is 0.000000185. The van der Waals surface area contributed by atoms with E-state index in [0.717, 1.165) is 35.2 Å². The molecule has 3 saturated heterocycles. The summed E-state index contributed by atoms with van der Waals surface area (Å²) in [6.45, 7) is 9.27. The SMILES string of the molecule is C=C1NC(=O)N([C@@H]2O[C@H](C)[C@@H](O)[C@H]2O)C=C1F.COC(=O)Nc1nc(=O)n([C@@H]2O[C@H](C)[C@@H](O)[C@H]2O)cc1F.Cc1nc(=O)n([C@@H]2O[C@H](C)[C@@H](O)[C@H]2O)cc1F. The van der Waals surface area contributed by atoms with Crippen molar-refractivity contribution in [3.05, 3.63) is 75.0 Å². The number of aliphatic hydroxyl groups excluding tert-OH is 6. The lowest BCUT2D eigenvalue weighted by Crippen LogP contribution is -2.50. The average Bonchev–Trinajstić information content (AvgIpc) is 3.65. The molecule has 2 aromatic rings. The van der Waals surface area contributed by atoms with E-state index in [2.05, 4.69) is 26.6 Å². The Hall–Kier alpha value is -4.79. The number of halogens is 3. The number of nitrogens with one attached hydrogen (secondary N) is 2. The quantitative estimate of drug-likeness (QED) is 0.172. The molecule has 2 aromatic heterocycles. The molecule has 3 fully saturated rings. The summed E-state index contributed by atoms with van der Waals surface area (Å²) in [6.07, 6.45) is -11.4. The number of nitrogens with zero attached hydrogens (tertiary/aromatic N) is 5. The maximum Gasteiger partial charge on any atom is 0.412 e.